The standard InChI is InChI=1S/C10H21NO5S2/c1-10(2,5-6-12)11-18(15,16)9-3-7-17(13,14)8-4-9/h9,11-12H,3-8H2,1-2H3. The molecule has 6 nitrogen and oxygen atoms in total. The maximum absolute atomic E-state index is 12.1. The van der Waals surface area contributed by atoms with E-state index in [0.29, 0.717) is 6.42 Å². The van der Waals surface area contributed by atoms with Gasteiger partial charge in [-0.05, 0) is 33.1 Å². The van der Waals surface area contributed by atoms with Crippen molar-refractivity contribution in [3.8, 4) is 0 Å². The second-order valence-corrected chi connectivity index (χ2v) is 9.62. The lowest BCUT2D eigenvalue weighted by atomic mass is 10.0. The fourth-order valence-corrected chi connectivity index (χ4v) is 5.66. The van der Waals surface area contributed by atoms with Gasteiger partial charge in [0.25, 0.3) is 0 Å². The van der Waals surface area contributed by atoms with Gasteiger partial charge in [0.15, 0.2) is 0 Å². The van der Waals surface area contributed by atoms with Crippen molar-refractivity contribution in [3.63, 3.8) is 0 Å². The van der Waals surface area contributed by atoms with E-state index in [2.05, 4.69) is 4.72 Å². The van der Waals surface area contributed by atoms with Crippen molar-refractivity contribution in [2.45, 2.75) is 43.9 Å². The molecule has 0 unspecified atom stereocenters. The molecule has 0 saturated carbocycles. The van der Waals surface area contributed by atoms with E-state index in [1.165, 1.54) is 0 Å². The van der Waals surface area contributed by atoms with Gasteiger partial charge >= 0.3 is 0 Å². The van der Waals surface area contributed by atoms with Gasteiger partial charge in [0.1, 0.15) is 9.84 Å². The number of hydrogen-bond acceptors (Lipinski definition) is 5. The maximum atomic E-state index is 12.1. The molecule has 108 valence electrons. The molecular weight excluding hydrogens is 278 g/mol. The normalized spacial score (nSPS) is 21.9. The van der Waals surface area contributed by atoms with Crippen molar-refractivity contribution in [1.29, 1.82) is 0 Å². The van der Waals surface area contributed by atoms with Gasteiger partial charge in [-0.15, -0.1) is 0 Å². The van der Waals surface area contributed by atoms with Crippen LogP contribution >= 0.6 is 0 Å². The zero-order chi connectivity index (χ0) is 14.0. The van der Waals surface area contributed by atoms with Gasteiger partial charge in [0, 0.05) is 12.1 Å². The Labute approximate surface area is 109 Å². The van der Waals surface area contributed by atoms with Crippen molar-refractivity contribution in [2.24, 2.45) is 0 Å². The molecule has 1 rings (SSSR count). The highest BCUT2D eigenvalue weighted by Gasteiger charge is 2.35. The highest BCUT2D eigenvalue weighted by Crippen LogP contribution is 2.21. The molecule has 0 aromatic carbocycles. The Balaban J connectivity index is 2.71. The van der Waals surface area contributed by atoms with Crippen LogP contribution in [0, 0.1) is 0 Å². The summed E-state index contributed by atoms with van der Waals surface area (Å²) in [7, 11) is -6.60. The van der Waals surface area contributed by atoms with Gasteiger partial charge in [-0.3, -0.25) is 0 Å². The smallest absolute Gasteiger partial charge is 0.215 e. The molecule has 2 N–H and O–H groups in total. The summed E-state index contributed by atoms with van der Waals surface area (Å²) >= 11 is 0. The first-order valence-electron chi connectivity index (χ1n) is 5.92. The number of hydrogen-bond donors (Lipinski definition) is 2. The topological polar surface area (TPSA) is 101 Å². The minimum atomic E-state index is -3.54. The van der Waals surface area contributed by atoms with Gasteiger partial charge in [0.2, 0.25) is 10.0 Å². The van der Waals surface area contributed by atoms with Gasteiger partial charge in [-0.25, -0.2) is 21.6 Å². The summed E-state index contributed by atoms with van der Waals surface area (Å²) in [6, 6.07) is 0. The Morgan fingerprint density at radius 3 is 2.22 bits per heavy atom. The van der Waals surface area contributed by atoms with Crippen LogP contribution in [0.25, 0.3) is 0 Å². The van der Waals surface area contributed by atoms with Crippen LogP contribution in [-0.2, 0) is 19.9 Å². The van der Waals surface area contributed by atoms with Crippen molar-refractivity contribution < 1.29 is 21.9 Å². The second-order valence-electron chi connectivity index (χ2n) is 5.36. The Morgan fingerprint density at radius 1 is 1.28 bits per heavy atom. The molecule has 1 saturated heterocycles. The van der Waals surface area contributed by atoms with E-state index >= 15 is 0 Å². The lowest BCUT2D eigenvalue weighted by Gasteiger charge is -2.29. The van der Waals surface area contributed by atoms with Crippen molar-refractivity contribution in [1.82, 2.24) is 4.72 Å². The molecule has 0 atom stereocenters. The fourth-order valence-electron chi connectivity index (χ4n) is 1.98. The molecule has 0 bridgehead atoms. The van der Waals surface area contributed by atoms with Crippen LogP contribution in [0.2, 0.25) is 0 Å². The van der Waals surface area contributed by atoms with E-state index < -0.39 is 30.6 Å². The van der Waals surface area contributed by atoms with Crippen LogP contribution in [0.1, 0.15) is 33.1 Å². The third-order valence-electron chi connectivity index (χ3n) is 3.10. The molecule has 1 aliphatic rings. The van der Waals surface area contributed by atoms with E-state index in [1.807, 2.05) is 0 Å². The van der Waals surface area contributed by atoms with Gasteiger partial charge in [-0.1, -0.05) is 0 Å². The summed E-state index contributed by atoms with van der Waals surface area (Å²) in [5, 5.41) is 8.21. The highest BCUT2D eigenvalue weighted by atomic mass is 32.2. The lowest BCUT2D eigenvalue weighted by Crippen LogP contribution is -2.49. The molecule has 1 aliphatic heterocycles. The number of aliphatic hydroxyl groups excluding tert-OH is 1. The fraction of sp³-hybridized carbons (Fsp3) is 1.00. The molecule has 0 aliphatic carbocycles. The van der Waals surface area contributed by atoms with Crippen LogP contribution in [0.4, 0.5) is 0 Å². The average Bonchev–Trinajstić information content (AvgIpc) is 2.14. The largest absolute Gasteiger partial charge is 0.396 e. The predicted molar refractivity (Wildman–Crippen MR) is 69.5 cm³/mol. The highest BCUT2D eigenvalue weighted by molar-refractivity contribution is 7.92. The maximum Gasteiger partial charge on any atom is 0.215 e. The quantitative estimate of drug-likeness (QED) is 0.722. The monoisotopic (exact) mass is 299 g/mol. The summed E-state index contributed by atoms with van der Waals surface area (Å²) < 4.78 is 49.3. The molecule has 0 radical (unpaired) electrons. The minimum absolute atomic E-state index is 0.0704. The van der Waals surface area contributed by atoms with Crippen LogP contribution < -0.4 is 4.72 Å². The van der Waals surface area contributed by atoms with Gasteiger partial charge in [0.05, 0.1) is 16.8 Å². The van der Waals surface area contributed by atoms with Gasteiger partial charge in [-0.2, -0.15) is 0 Å². The molecular formula is C10H21NO5S2. The van der Waals surface area contributed by atoms with Crippen LogP contribution in [0.15, 0.2) is 0 Å². The first kappa shape index (κ1) is 15.9. The lowest BCUT2D eigenvalue weighted by molar-refractivity contribution is 0.245. The second kappa shape index (κ2) is 5.44. The van der Waals surface area contributed by atoms with Gasteiger partial charge < -0.3 is 5.11 Å². The Kier molecular flexibility index (Phi) is 4.80. The number of sulfone groups is 1. The molecule has 0 aromatic heterocycles. The van der Waals surface area contributed by atoms with E-state index in [9.17, 15) is 16.8 Å². The van der Waals surface area contributed by atoms with Crippen molar-refractivity contribution in [2.75, 3.05) is 18.1 Å². The summed E-state index contributed by atoms with van der Waals surface area (Å²) in [5.74, 6) is -0.141. The predicted octanol–water partition coefficient (Wildman–Crippen LogP) is -0.356. The Hall–Kier alpha value is -0.180. The molecule has 1 heterocycles. The first-order chi connectivity index (χ1) is 8.08. The number of aliphatic hydroxyl groups is 1. The van der Waals surface area contributed by atoms with Crippen LogP contribution in [0.5, 0.6) is 0 Å². The van der Waals surface area contributed by atoms with Crippen LogP contribution in [0.3, 0.4) is 0 Å². The molecule has 0 amide bonds. The number of rotatable bonds is 5. The SMILES string of the molecule is CC(C)(CCO)NS(=O)(=O)C1CCS(=O)(=O)CC1. The summed E-state index contributed by atoms with van der Waals surface area (Å²) in [5.41, 5.74) is -0.718. The van der Waals surface area contributed by atoms with E-state index in [0.717, 1.165) is 0 Å². The zero-order valence-corrected chi connectivity index (χ0v) is 12.3. The average molecular weight is 299 g/mol. The van der Waals surface area contributed by atoms with Crippen LogP contribution in [-0.4, -0.2) is 50.8 Å². The van der Waals surface area contributed by atoms with Crippen molar-refractivity contribution in [3.05, 3.63) is 0 Å². The minimum Gasteiger partial charge on any atom is -0.396 e. The third kappa shape index (κ3) is 4.49. The Morgan fingerprint density at radius 2 is 1.78 bits per heavy atom. The zero-order valence-electron chi connectivity index (χ0n) is 10.7. The number of nitrogens with one attached hydrogen (secondary N) is 1. The van der Waals surface area contributed by atoms with Crippen molar-refractivity contribution >= 4 is 19.9 Å². The Bertz CT molecular complexity index is 466. The molecule has 18 heavy (non-hydrogen) atoms. The van der Waals surface area contributed by atoms with E-state index in [-0.39, 0.29) is 31.0 Å². The summed E-state index contributed by atoms with van der Waals surface area (Å²) in [6.45, 7) is 3.29. The third-order valence-corrected chi connectivity index (χ3v) is 7.00. The molecule has 0 spiro atoms. The number of sulfonamides is 1. The molecule has 1 fully saturated rings. The molecule has 0 aromatic rings. The first-order valence-corrected chi connectivity index (χ1v) is 9.29. The molecule has 8 heteroatoms. The van der Waals surface area contributed by atoms with E-state index in [4.69, 9.17) is 5.11 Å². The van der Waals surface area contributed by atoms with E-state index in [1.54, 1.807) is 13.8 Å². The summed E-state index contributed by atoms with van der Waals surface area (Å²) in [6.07, 6.45) is 0.608. The summed E-state index contributed by atoms with van der Waals surface area (Å²) in [4.78, 5) is 0.